The number of piperidine rings is 1. The van der Waals surface area contributed by atoms with Crippen molar-refractivity contribution < 1.29 is 0 Å². The standard InChI is InChI=1S/C19H22N6/c1-2-16(9-15-11-20-10-14(1)15)23-17-3-6-22-18(24-17)25-7-4-19(5-8-25)12-21-13-19/h1-3,6,9,11,21H,4-5,7-8,10,12-13H2,(H,22,23,24). The van der Waals surface area contributed by atoms with Crippen molar-refractivity contribution in [1.82, 2.24) is 15.3 Å². The highest BCUT2D eigenvalue weighted by molar-refractivity contribution is 5.86. The Morgan fingerprint density at radius 3 is 2.80 bits per heavy atom. The summed E-state index contributed by atoms with van der Waals surface area (Å²) in [6.07, 6.45) is 6.23. The molecule has 1 aromatic heterocycles. The number of aromatic nitrogens is 2. The van der Waals surface area contributed by atoms with E-state index < -0.39 is 0 Å². The van der Waals surface area contributed by atoms with Gasteiger partial charge in [-0.05, 0) is 47.6 Å². The maximum atomic E-state index is 4.73. The van der Waals surface area contributed by atoms with E-state index in [0.717, 1.165) is 37.1 Å². The molecule has 0 unspecified atom stereocenters. The van der Waals surface area contributed by atoms with Gasteiger partial charge in [0.25, 0.3) is 0 Å². The number of rotatable bonds is 3. The van der Waals surface area contributed by atoms with E-state index in [0.29, 0.717) is 5.41 Å². The van der Waals surface area contributed by atoms with E-state index in [1.54, 1.807) is 0 Å². The lowest BCUT2D eigenvalue weighted by Crippen LogP contribution is -2.58. The van der Waals surface area contributed by atoms with Gasteiger partial charge in [0.1, 0.15) is 5.82 Å². The van der Waals surface area contributed by atoms with Crippen LogP contribution in [-0.2, 0) is 6.54 Å². The fourth-order valence-electron chi connectivity index (χ4n) is 3.91. The molecule has 0 aliphatic carbocycles. The summed E-state index contributed by atoms with van der Waals surface area (Å²) in [5.74, 6) is 1.67. The average Bonchev–Trinajstić information content (AvgIpc) is 3.08. The fraction of sp³-hybridized carbons (Fsp3) is 0.421. The first-order valence-electron chi connectivity index (χ1n) is 8.98. The van der Waals surface area contributed by atoms with Gasteiger partial charge in [-0.15, -0.1) is 0 Å². The number of hydrogen-bond donors (Lipinski definition) is 2. The second-order valence-electron chi connectivity index (χ2n) is 7.34. The summed E-state index contributed by atoms with van der Waals surface area (Å²) in [4.78, 5) is 15.8. The summed E-state index contributed by atoms with van der Waals surface area (Å²) in [5, 5.41) is 6.81. The Balaban J connectivity index is 1.30. The first kappa shape index (κ1) is 14.8. The predicted molar refractivity (Wildman–Crippen MR) is 99.8 cm³/mol. The zero-order valence-corrected chi connectivity index (χ0v) is 14.2. The van der Waals surface area contributed by atoms with Gasteiger partial charge in [0.15, 0.2) is 0 Å². The van der Waals surface area contributed by atoms with Crippen molar-refractivity contribution in [3.63, 3.8) is 0 Å². The summed E-state index contributed by atoms with van der Waals surface area (Å²) in [7, 11) is 0. The van der Waals surface area contributed by atoms with Gasteiger partial charge in [0, 0.05) is 44.3 Å². The maximum absolute atomic E-state index is 4.73. The van der Waals surface area contributed by atoms with Crippen molar-refractivity contribution in [3.8, 4) is 0 Å². The summed E-state index contributed by atoms with van der Waals surface area (Å²) in [6.45, 7) is 5.22. The minimum absolute atomic E-state index is 0.540. The van der Waals surface area contributed by atoms with Crippen LogP contribution in [-0.4, -0.2) is 42.4 Å². The largest absolute Gasteiger partial charge is 0.341 e. The topological polar surface area (TPSA) is 65.4 Å². The van der Waals surface area contributed by atoms with E-state index in [1.807, 2.05) is 18.5 Å². The monoisotopic (exact) mass is 334 g/mol. The Hall–Kier alpha value is -2.47. The molecule has 6 heteroatoms. The summed E-state index contributed by atoms with van der Waals surface area (Å²) >= 11 is 0. The quantitative estimate of drug-likeness (QED) is 0.902. The Morgan fingerprint density at radius 2 is 2.00 bits per heavy atom. The van der Waals surface area contributed by atoms with E-state index in [2.05, 4.69) is 43.7 Å². The Bertz CT molecular complexity index is 816. The first-order chi connectivity index (χ1) is 12.3. The van der Waals surface area contributed by atoms with Crippen molar-refractivity contribution >= 4 is 23.7 Å². The van der Waals surface area contributed by atoms with E-state index in [4.69, 9.17) is 4.98 Å². The number of anilines is 3. The predicted octanol–water partition coefficient (Wildman–Crippen LogP) is 2.34. The molecule has 25 heavy (non-hydrogen) atoms. The molecular formula is C19H22N6. The lowest BCUT2D eigenvalue weighted by molar-refractivity contribution is 0.126. The van der Waals surface area contributed by atoms with E-state index in [9.17, 15) is 0 Å². The molecule has 0 atom stereocenters. The Labute approximate surface area is 147 Å². The molecule has 2 N–H and O–H groups in total. The third-order valence-electron chi connectivity index (χ3n) is 5.66. The molecule has 2 aromatic rings. The lowest BCUT2D eigenvalue weighted by atomic mass is 9.73. The minimum Gasteiger partial charge on any atom is -0.341 e. The van der Waals surface area contributed by atoms with Crippen LogP contribution in [0.2, 0.25) is 0 Å². The van der Waals surface area contributed by atoms with Crippen molar-refractivity contribution in [1.29, 1.82) is 0 Å². The third-order valence-corrected chi connectivity index (χ3v) is 5.66. The van der Waals surface area contributed by atoms with Crippen LogP contribution in [0.5, 0.6) is 0 Å². The number of nitrogens with one attached hydrogen (secondary N) is 2. The molecule has 4 heterocycles. The van der Waals surface area contributed by atoms with Gasteiger partial charge >= 0.3 is 0 Å². The normalized spacial score (nSPS) is 20.4. The molecule has 6 nitrogen and oxygen atoms in total. The van der Waals surface area contributed by atoms with Crippen molar-refractivity contribution in [2.75, 3.05) is 36.4 Å². The number of benzene rings is 1. The smallest absolute Gasteiger partial charge is 0.227 e. The summed E-state index contributed by atoms with van der Waals surface area (Å²) in [5.41, 5.74) is 4.05. The van der Waals surface area contributed by atoms with Crippen LogP contribution in [0.1, 0.15) is 24.0 Å². The van der Waals surface area contributed by atoms with Crippen molar-refractivity contribution in [2.24, 2.45) is 10.4 Å². The van der Waals surface area contributed by atoms with Crippen LogP contribution in [0.3, 0.4) is 0 Å². The highest BCUT2D eigenvalue weighted by Crippen LogP contribution is 2.35. The van der Waals surface area contributed by atoms with E-state index >= 15 is 0 Å². The van der Waals surface area contributed by atoms with Gasteiger partial charge in [-0.1, -0.05) is 6.07 Å². The van der Waals surface area contributed by atoms with Crippen LogP contribution in [0, 0.1) is 5.41 Å². The number of nitrogens with zero attached hydrogens (tertiary/aromatic N) is 4. The zero-order chi connectivity index (χ0) is 16.7. The Morgan fingerprint density at radius 1 is 1.12 bits per heavy atom. The fourth-order valence-corrected chi connectivity index (χ4v) is 3.91. The van der Waals surface area contributed by atoms with Crippen LogP contribution in [0.4, 0.5) is 17.5 Å². The van der Waals surface area contributed by atoms with Gasteiger partial charge in [-0.3, -0.25) is 4.99 Å². The van der Waals surface area contributed by atoms with Crippen LogP contribution >= 0.6 is 0 Å². The average molecular weight is 334 g/mol. The summed E-state index contributed by atoms with van der Waals surface area (Å²) in [6, 6.07) is 8.26. The molecule has 2 saturated heterocycles. The molecule has 1 spiro atoms. The molecule has 3 aliphatic rings. The van der Waals surface area contributed by atoms with Gasteiger partial charge in [-0.25, -0.2) is 4.98 Å². The van der Waals surface area contributed by atoms with Crippen molar-refractivity contribution in [3.05, 3.63) is 41.6 Å². The van der Waals surface area contributed by atoms with Crippen LogP contribution in [0.15, 0.2) is 35.5 Å². The highest BCUT2D eigenvalue weighted by atomic mass is 15.3. The minimum atomic E-state index is 0.540. The molecule has 0 saturated carbocycles. The van der Waals surface area contributed by atoms with Crippen LogP contribution < -0.4 is 15.5 Å². The van der Waals surface area contributed by atoms with Crippen LogP contribution in [0.25, 0.3) is 0 Å². The van der Waals surface area contributed by atoms with Crippen molar-refractivity contribution in [2.45, 2.75) is 19.4 Å². The SMILES string of the molecule is C1=NCc2ccc(Nc3ccnc(N4CCC5(CC4)CNC5)n3)cc21. The molecule has 128 valence electrons. The number of hydrogen-bond acceptors (Lipinski definition) is 6. The van der Waals surface area contributed by atoms with E-state index in [1.165, 1.54) is 37.1 Å². The molecule has 1 aromatic carbocycles. The van der Waals surface area contributed by atoms with Gasteiger partial charge in [-0.2, -0.15) is 4.98 Å². The number of fused-ring (bicyclic) bond motifs is 1. The molecule has 3 aliphatic heterocycles. The molecule has 0 bridgehead atoms. The summed E-state index contributed by atoms with van der Waals surface area (Å²) < 4.78 is 0. The molecular weight excluding hydrogens is 312 g/mol. The second-order valence-corrected chi connectivity index (χ2v) is 7.34. The third kappa shape index (κ3) is 2.76. The molecule has 5 rings (SSSR count). The zero-order valence-electron chi connectivity index (χ0n) is 14.2. The Kier molecular flexibility index (Phi) is 3.45. The molecule has 2 fully saturated rings. The van der Waals surface area contributed by atoms with E-state index in [-0.39, 0.29) is 0 Å². The maximum Gasteiger partial charge on any atom is 0.227 e. The molecule has 0 radical (unpaired) electrons. The molecule has 0 amide bonds. The van der Waals surface area contributed by atoms with Gasteiger partial charge in [0.2, 0.25) is 5.95 Å². The lowest BCUT2D eigenvalue weighted by Gasteiger charge is -2.48. The second kappa shape index (κ2) is 5.81. The van der Waals surface area contributed by atoms with Gasteiger partial charge in [0.05, 0.1) is 6.54 Å². The highest BCUT2D eigenvalue weighted by Gasteiger charge is 2.40. The number of aliphatic imine (C=N–C) groups is 1. The van der Waals surface area contributed by atoms with Gasteiger partial charge < -0.3 is 15.5 Å². The first-order valence-corrected chi connectivity index (χ1v) is 8.98.